The minimum Gasteiger partial charge on any atom is -0.597 e. The van der Waals surface area contributed by atoms with Gasteiger partial charge < -0.3 is 23.8 Å². The molecular weight excluding hydrogens is 250 g/mol. The van der Waals surface area contributed by atoms with Gasteiger partial charge in [0.1, 0.15) is 0 Å². The first-order valence-corrected chi connectivity index (χ1v) is 7.61. The van der Waals surface area contributed by atoms with E-state index in [9.17, 15) is 0 Å². The van der Waals surface area contributed by atoms with Crippen LogP contribution in [-0.2, 0) is 18.7 Å². The number of rotatable bonds is 11. The Kier molecular flexibility index (Phi) is 16.3. The SMILES string of the molecule is CN=P(C)([N-]CCOC)OCCOCCOC.[Li+]. The second-order valence-corrected chi connectivity index (χ2v) is 5.94. The third-order valence-electron chi connectivity index (χ3n) is 2.02. The van der Waals surface area contributed by atoms with E-state index in [0.29, 0.717) is 39.6 Å². The summed E-state index contributed by atoms with van der Waals surface area (Å²) in [6.45, 7) is 5.36. The molecule has 1 unspecified atom stereocenters. The van der Waals surface area contributed by atoms with Gasteiger partial charge in [0.2, 0.25) is 0 Å². The summed E-state index contributed by atoms with van der Waals surface area (Å²) in [5, 5.41) is 4.41. The van der Waals surface area contributed by atoms with Crippen LogP contribution in [0, 0.1) is 0 Å². The van der Waals surface area contributed by atoms with Gasteiger partial charge in [0, 0.05) is 27.9 Å². The molecule has 0 bridgehead atoms. The molecule has 0 aliphatic rings. The van der Waals surface area contributed by atoms with Crippen molar-refractivity contribution in [1.29, 1.82) is 0 Å². The van der Waals surface area contributed by atoms with E-state index in [2.05, 4.69) is 9.83 Å². The van der Waals surface area contributed by atoms with Crippen LogP contribution in [-0.4, -0.2) is 67.5 Å². The normalized spacial score (nSPS) is 13.8. The van der Waals surface area contributed by atoms with E-state index in [1.165, 1.54) is 0 Å². The standard InChI is InChI=1S/C10H24N2O4P.Li/c1-11-17(4,12-5-6-13-2)16-10-9-15-8-7-14-3;/h5-10H2,1-4H3;/q-1;+1. The summed E-state index contributed by atoms with van der Waals surface area (Å²) in [6, 6.07) is 0. The topological polar surface area (TPSA) is 63.4 Å². The van der Waals surface area contributed by atoms with Gasteiger partial charge in [-0.25, -0.2) is 0 Å². The Balaban J connectivity index is 0. The predicted molar refractivity (Wildman–Crippen MR) is 69.9 cm³/mol. The Hall–Kier alpha value is 0.627. The van der Waals surface area contributed by atoms with Crippen molar-refractivity contribution in [3.8, 4) is 0 Å². The molecule has 0 aromatic carbocycles. The molecule has 0 saturated heterocycles. The molecule has 0 aromatic heterocycles. The van der Waals surface area contributed by atoms with Gasteiger partial charge in [-0.3, -0.25) is 4.74 Å². The molecule has 8 heteroatoms. The van der Waals surface area contributed by atoms with Gasteiger partial charge in [-0.15, -0.1) is 6.54 Å². The predicted octanol–water partition coefficient (Wildman–Crippen LogP) is -1.02. The van der Waals surface area contributed by atoms with Crippen LogP contribution < -0.4 is 18.9 Å². The molecule has 0 radical (unpaired) electrons. The van der Waals surface area contributed by atoms with Crippen molar-refractivity contribution in [2.24, 2.45) is 4.74 Å². The number of ether oxygens (including phenoxy) is 3. The maximum atomic E-state index is 5.66. The first-order chi connectivity index (χ1) is 8.18. The Labute approximate surface area is 122 Å². The fourth-order valence-corrected chi connectivity index (χ4v) is 2.19. The summed E-state index contributed by atoms with van der Waals surface area (Å²) in [5.74, 6) is 0. The van der Waals surface area contributed by atoms with Gasteiger partial charge in [-0.2, -0.15) is 0 Å². The summed E-state index contributed by atoms with van der Waals surface area (Å²) in [4.78, 5) is 0. The van der Waals surface area contributed by atoms with Crippen LogP contribution in [0.15, 0.2) is 4.74 Å². The second-order valence-electron chi connectivity index (χ2n) is 3.33. The zero-order valence-electron chi connectivity index (χ0n) is 12.2. The minimum atomic E-state index is -1.98. The molecule has 104 valence electrons. The van der Waals surface area contributed by atoms with Crippen molar-refractivity contribution in [1.82, 2.24) is 0 Å². The first-order valence-electron chi connectivity index (χ1n) is 5.55. The van der Waals surface area contributed by atoms with Gasteiger partial charge in [0.25, 0.3) is 0 Å². The monoisotopic (exact) mass is 274 g/mol. The van der Waals surface area contributed by atoms with E-state index in [4.69, 9.17) is 18.7 Å². The molecule has 0 saturated carbocycles. The summed E-state index contributed by atoms with van der Waals surface area (Å²) in [6.07, 6.45) is 0. The Morgan fingerprint density at radius 2 is 1.61 bits per heavy atom. The van der Waals surface area contributed by atoms with Crippen molar-refractivity contribution >= 4 is 7.43 Å². The van der Waals surface area contributed by atoms with Crippen molar-refractivity contribution in [2.75, 3.05) is 67.5 Å². The molecule has 0 spiro atoms. The average molecular weight is 274 g/mol. The fraction of sp³-hybridized carbons (Fsp3) is 1.00. The maximum Gasteiger partial charge on any atom is 1.00 e. The minimum absolute atomic E-state index is 0. The summed E-state index contributed by atoms with van der Waals surface area (Å²) in [5.41, 5.74) is 0. The summed E-state index contributed by atoms with van der Waals surface area (Å²) in [7, 11) is 3.05. The van der Waals surface area contributed by atoms with Crippen LogP contribution in [0.1, 0.15) is 0 Å². The zero-order valence-corrected chi connectivity index (χ0v) is 13.1. The molecule has 0 amide bonds. The molecule has 0 fully saturated rings. The van der Waals surface area contributed by atoms with Crippen molar-refractivity contribution in [2.45, 2.75) is 0 Å². The van der Waals surface area contributed by atoms with Crippen LogP contribution in [0.4, 0.5) is 0 Å². The van der Waals surface area contributed by atoms with Crippen LogP contribution in [0.5, 0.6) is 0 Å². The van der Waals surface area contributed by atoms with Gasteiger partial charge in [-0.05, 0) is 14.1 Å². The molecule has 1 atom stereocenters. The van der Waals surface area contributed by atoms with E-state index < -0.39 is 7.43 Å². The Morgan fingerprint density at radius 3 is 2.17 bits per heavy atom. The number of hydrogen-bond donors (Lipinski definition) is 0. The third kappa shape index (κ3) is 11.7. The molecule has 0 aliphatic carbocycles. The molecule has 0 heterocycles. The van der Waals surface area contributed by atoms with Crippen LogP contribution in [0.25, 0.3) is 5.09 Å². The van der Waals surface area contributed by atoms with Gasteiger partial charge >= 0.3 is 18.9 Å². The molecule has 6 nitrogen and oxygen atoms in total. The molecular formula is C10H24LiN2O4P. The van der Waals surface area contributed by atoms with Crippen LogP contribution in [0.2, 0.25) is 0 Å². The summed E-state index contributed by atoms with van der Waals surface area (Å²) < 4.78 is 25.0. The van der Waals surface area contributed by atoms with Crippen LogP contribution in [0.3, 0.4) is 0 Å². The van der Waals surface area contributed by atoms with E-state index >= 15 is 0 Å². The van der Waals surface area contributed by atoms with Gasteiger partial charge in [-0.1, -0.05) is 0 Å². The average Bonchev–Trinajstić information content (AvgIpc) is 2.34. The number of methoxy groups -OCH3 is 2. The van der Waals surface area contributed by atoms with Crippen LogP contribution >= 0.6 is 7.43 Å². The van der Waals surface area contributed by atoms with E-state index in [1.54, 1.807) is 21.3 Å². The molecule has 0 N–H and O–H groups in total. The third-order valence-corrected chi connectivity index (χ3v) is 4.16. The summed E-state index contributed by atoms with van der Waals surface area (Å²) >= 11 is 0. The van der Waals surface area contributed by atoms with Crippen molar-refractivity contribution < 1.29 is 37.6 Å². The van der Waals surface area contributed by atoms with E-state index in [0.717, 1.165) is 0 Å². The van der Waals surface area contributed by atoms with Crippen molar-refractivity contribution in [3.05, 3.63) is 5.09 Å². The second kappa shape index (κ2) is 14.0. The van der Waals surface area contributed by atoms with Gasteiger partial charge in [0.05, 0.1) is 26.4 Å². The smallest absolute Gasteiger partial charge is 0.597 e. The maximum absolute atomic E-state index is 5.66. The molecule has 18 heavy (non-hydrogen) atoms. The molecule has 0 aromatic rings. The van der Waals surface area contributed by atoms with E-state index in [-0.39, 0.29) is 18.9 Å². The fourth-order valence-electron chi connectivity index (χ4n) is 0.993. The molecule has 0 aliphatic heterocycles. The molecule has 0 rings (SSSR count). The Bertz CT molecular complexity index is 232. The first kappa shape index (κ1) is 20.9. The Morgan fingerprint density at radius 1 is 1.00 bits per heavy atom. The van der Waals surface area contributed by atoms with E-state index in [1.807, 2.05) is 6.66 Å². The quantitative estimate of drug-likeness (QED) is 0.275. The number of nitrogens with zero attached hydrogens (tertiary/aromatic N) is 2. The largest absolute Gasteiger partial charge is 1.00 e. The van der Waals surface area contributed by atoms with Crippen molar-refractivity contribution in [3.63, 3.8) is 0 Å². The zero-order chi connectivity index (χ0) is 13.0. The van der Waals surface area contributed by atoms with Gasteiger partial charge in [0.15, 0.2) is 0 Å². The number of hydrogen-bond acceptors (Lipinski definition) is 5.